The Morgan fingerprint density at radius 2 is 2.35 bits per heavy atom. The third kappa shape index (κ3) is 2.73. The molecule has 7 nitrogen and oxygen atoms in total. The molecule has 2 N–H and O–H groups in total. The molecule has 110 valence electrons. The summed E-state index contributed by atoms with van der Waals surface area (Å²) in [6, 6.07) is -0.214. The number of alkyl halides is 2. The molecule has 0 saturated carbocycles. The van der Waals surface area contributed by atoms with Crippen LogP contribution in [0.5, 0.6) is 0 Å². The summed E-state index contributed by atoms with van der Waals surface area (Å²) in [5.41, 5.74) is 4.80. The van der Waals surface area contributed by atoms with E-state index in [1.165, 1.54) is 0 Å². The molecule has 20 heavy (non-hydrogen) atoms. The second kappa shape index (κ2) is 5.71. The molecule has 1 aliphatic heterocycles. The van der Waals surface area contributed by atoms with E-state index in [2.05, 4.69) is 4.98 Å². The van der Waals surface area contributed by atoms with Crippen molar-refractivity contribution in [2.45, 2.75) is 12.5 Å². The van der Waals surface area contributed by atoms with E-state index >= 15 is 0 Å². The Morgan fingerprint density at radius 3 is 2.95 bits per heavy atom. The van der Waals surface area contributed by atoms with E-state index in [4.69, 9.17) is 22.1 Å². The number of halogens is 3. The fraction of sp³-hybridized carbons (Fsp3) is 0.500. The van der Waals surface area contributed by atoms with Crippen LogP contribution >= 0.6 is 11.6 Å². The highest BCUT2D eigenvalue weighted by atomic mass is 35.5. The van der Waals surface area contributed by atoms with Crippen LogP contribution in [0, 0.1) is 10.1 Å². The number of nitrogens with zero attached hydrogens (tertiary/aromatic N) is 3. The van der Waals surface area contributed by atoms with Crippen molar-refractivity contribution < 1.29 is 18.4 Å². The van der Waals surface area contributed by atoms with Crippen molar-refractivity contribution >= 4 is 28.8 Å². The van der Waals surface area contributed by atoms with Gasteiger partial charge in [-0.25, -0.2) is 13.8 Å². The van der Waals surface area contributed by atoms with Gasteiger partial charge in [0.1, 0.15) is 16.9 Å². The Morgan fingerprint density at radius 1 is 1.65 bits per heavy atom. The van der Waals surface area contributed by atoms with Gasteiger partial charge in [0.2, 0.25) is 5.82 Å². The second-order valence-corrected chi connectivity index (χ2v) is 4.52. The number of nitro groups is 1. The lowest BCUT2D eigenvalue weighted by Crippen LogP contribution is -2.50. The molecule has 1 atom stereocenters. The van der Waals surface area contributed by atoms with Gasteiger partial charge >= 0.3 is 5.69 Å². The van der Waals surface area contributed by atoms with Crippen LogP contribution in [0.1, 0.15) is 0 Å². The summed E-state index contributed by atoms with van der Waals surface area (Å²) in [6.45, 7) is -0.0416. The Balaban J connectivity index is 2.51. The summed E-state index contributed by atoms with van der Waals surface area (Å²) < 4.78 is 31.0. The van der Waals surface area contributed by atoms with Gasteiger partial charge in [-0.2, -0.15) is 0 Å². The Hall–Kier alpha value is -1.74. The van der Waals surface area contributed by atoms with Gasteiger partial charge in [0.25, 0.3) is 6.43 Å². The monoisotopic (exact) mass is 308 g/mol. The average Bonchev–Trinajstić information content (AvgIpc) is 2.37. The highest BCUT2D eigenvalue weighted by Crippen LogP contribution is 2.36. The fourth-order valence-electron chi connectivity index (χ4n) is 1.99. The van der Waals surface area contributed by atoms with Crippen molar-refractivity contribution in [1.29, 1.82) is 0 Å². The fourth-order valence-corrected chi connectivity index (χ4v) is 2.19. The summed E-state index contributed by atoms with van der Waals surface area (Å²) >= 11 is 5.71. The number of hydrogen-bond acceptors (Lipinski definition) is 6. The molecule has 0 unspecified atom stereocenters. The molecule has 2 rings (SSSR count). The number of hydrogen-bond donors (Lipinski definition) is 1. The van der Waals surface area contributed by atoms with Gasteiger partial charge in [0.05, 0.1) is 18.1 Å². The molecular weight excluding hydrogens is 298 g/mol. The molecule has 1 aliphatic rings. The highest BCUT2D eigenvalue weighted by molar-refractivity contribution is 6.30. The molecule has 0 bridgehead atoms. The highest BCUT2D eigenvalue weighted by Gasteiger charge is 2.36. The zero-order valence-electron chi connectivity index (χ0n) is 10.1. The number of rotatable bonds is 3. The number of aromatic nitrogens is 1. The molecular formula is C10H11ClF2N4O3. The van der Waals surface area contributed by atoms with Gasteiger partial charge in [0, 0.05) is 12.6 Å². The van der Waals surface area contributed by atoms with Crippen LogP contribution in [0.15, 0.2) is 6.07 Å². The molecule has 0 aromatic carbocycles. The maximum atomic E-state index is 13.0. The van der Waals surface area contributed by atoms with Crippen molar-refractivity contribution in [3.63, 3.8) is 0 Å². The zero-order valence-corrected chi connectivity index (χ0v) is 10.9. The number of pyridine rings is 1. The maximum Gasteiger partial charge on any atom is 0.334 e. The minimum Gasteiger partial charge on any atom is -0.393 e. The van der Waals surface area contributed by atoms with E-state index in [9.17, 15) is 18.9 Å². The summed E-state index contributed by atoms with van der Waals surface area (Å²) in [6.07, 6.45) is -2.74. The van der Waals surface area contributed by atoms with Crippen LogP contribution in [0.25, 0.3) is 0 Å². The standard InChI is InChI=1S/C10H11ClF2N4O3/c11-7-3-5(14)8(17(18)19)10(15-7)16-1-2-20-4-6(16)9(12)13/h3,6,9H,1-2,4H2,(H2,14,15)/t6-/m0/s1. The lowest BCUT2D eigenvalue weighted by atomic mass is 10.2. The van der Waals surface area contributed by atoms with Crippen molar-refractivity contribution in [2.75, 3.05) is 30.4 Å². The SMILES string of the molecule is Nc1cc(Cl)nc(N2CCOC[C@H]2C(F)F)c1[N+](=O)[O-]. The minimum absolute atomic E-state index is 0.0443. The van der Waals surface area contributed by atoms with Gasteiger partial charge in [-0.05, 0) is 0 Å². The van der Waals surface area contributed by atoms with Crippen LogP contribution < -0.4 is 10.6 Å². The molecule has 1 saturated heterocycles. The summed E-state index contributed by atoms with van der Waals surface area (Å²) in [5, 5.41) is 11.0. The first-order valence-electron chi connectivity index (χ1n) is 5.64. The van der Waals surface area contributed by atoms with Crippen molar-refractivity contribution in [3.8, 4) is 0 Å². The number of nitrogen functional groups attached to an aromatic ring is 1. The maximum absolute atomic E-state index is 13.0. The molecule has 0 spiro atoms. The van der Waals surface area contributed by atoms with Crippen molar-refractivity contribution in [1.82, 2.24) is 4.98 Å². The van der Waals surface area contributed by atoms with Crippen LogP contribution in [0.3, 0.4) is 0 Å². The van der Waals surface area contributed by atoms with E-state index in [1.807, 2.05) is 0 Å². The first kappa shape index (κ1) is 14.7. The Labute approximate surface area is 117 Å². The second-order valence-electron chi connectivity index (χ2n) is 4.13. The van der Waals surface area contributed by atoms with Crippen LogP contribution in [-0.4, -0.2) is 42.1 Å². The van der Waals surface area contributed by atoms with Gasteiger partial charge in [0.15, 0.2) is 0 Å². The Bertz CT molecular complexity index is 531. The third-order valence-corrected chi connectivity index (χ3v) is 3.08. The van der Waals surface area contributed by atoms with Crippen LogP contribution in [0.4, 0.5) is 26.0 Å². The summed E-state index contributed by atoms with van der Waals surface area (Å²) in [4.78, 5) is 15.2. The van der Waals surface area contributed by atoms with Gasteiger partial charge < -0.3 is 15.4 Å². The van der Waals surface area contributed by atoms with Crippen LogP contribution in [0.2, 0.25) is 5.15 Å². The van der Waals surface area contributed by atoms with E-state index in [1.54, 1.807) is 0 Å². The van der Waals surface area contributed by atoms with Gasteiger partial charge in [-0.3, -0.25) is 10.1 Å². The molecule has 0 amide bonds. The molecule has 2 heterocycles. The van der Waals surface area contributed by atoms with Crippen molar-refractivity contribution in [3.05, 3.63) is 21.3 Å². The van der Waals surface area contributed by atoms with E-state index < -0.39 is 23.1 Å². The number of ether oxygens (including phenoxy) is 1. The number of nitrogens with two attached hydrogens (primary N) is 1. The average molecular weight is 309 g/mol. The molecule has 1 aromatic rings. The predicted octanol–water partition coefficient (Wildman–Crippen LogP) is 1.70. The predicted molar refractivity (Wildman–Crippen MR) is 68.3 cm³/mol. The number of anilines is 2. The minimum atomic E-state index is -2.74. The van der Waals surface area contributed by atoms with E-state index in [0.29, 0.717) is 0 Å². The van der Waals surface area contributed by atoms with Gasteiger partial charge in [-0.15, -0.1) is 0 Å². The quantitative estimate of drug-likeness (QED) is 0.519. The van der Waals surface area contributed by atoms with Gasteiger partial charge in [-0.1, -0.05) is 11.6 Å². The van der Waals surface area contributed by atoms with Crippen molar-refractivity contribution in [2.24, 2.45) is 0 Å². The summed E-state index contributed by atoms with van der Waals surface area (Å²) in [5.74, 6) is -0.256. The third-order valence-electron chi connectivity index (χ3n) is 2.88. The smallest absolute Gasteiger partial charge is 0.334 e. The molecule has 1 fully saturated rings. The number of morpholine rings is 1. The summed E-state index contributed by atoms with van der Waals surface area (Å²) in [7, 11) is 0. The lowest BCUT2D eigenvalue weighted by Gasteiger charge is -2.35. The molecule has 0 radical (unpaired) electrons. The first-order chi connectivity index (χ1) is 9.41. The molecule has 0 aliphatic carbocycles. The van der Waals surface area contributed by atoms with E-state index in [-0.39, 0.29) is 36.4 Å². The molecule has 1 aromatic heterocycles. The van der Waals surface area contributed by atoms with Crippen LogP contribution in [-0.2, 0) is 4.74 Å². The molecule has 10 heteroatoms. The lowest BCUT2D eigenvalue weighted by molar-refractivity contribution is -0.383. The first-order valence-corrected chi connectivity index (χ1v) is 6.02. The zero-order chi connectivity index (χ0) is 14.9. The van der Waals surface area contributed by atoms with E-state index in [0.717, 1.165) is 11.0 Å². The topological polar surface area (TPSA) is 94.5 Å². The largest absolute Gasteiger partial charge is 0.393 e. The normalized spacial score (nSPS) is 19.4. The Kier molecular flexibility index (Phi) is 4.19.